The molecule has 1 aromatic heterocycles. The molecule has 1 aliphatic rings. The molecule has 0 spiro atoms. The van der Waals surface area contributed by atoms with E-state index in [1.807, 2.05) is 19.4 Å². The molecule has 138 valence electrons. The first kappa shape index (κ1) is 17.5. The molecule has 0 aliphatic heterocycles. The van der Waals surface area contributed by atoms with Gasteiger partial charge in [0.15, 0.2) is 0 Å². The Hall–Kier alpha value is -2.95. The monoisotopic (exact) mass is 363 g/mol. The Morgan fingerprint density at radius 2 is 1.81 bits per heavy atom. The highest BCUT2D eigenvalue weighted by Gasteiger charge is 2.50. The zero-order valence-electron chi connectivity index (χ0n) is 15.3. The van der Waals surface area contributed by atoms with Crippen LogP contribution >= 0.6 is 0 Å². The SMILES string of the molecule is Cn1cc(-c2ccc(CCNC(=O)C3(c4ccc(F)cc4)CC3)cc2)cn1. The van der Waals surface area contributed by atoms with Crippen molar-refractivity contribution in [2.45, 2.75) is 24.7 Å². The van der Waals surface area contributed by atoms with Crippen LogP contribution in [0.4, 0.5) is 4.39 Å². The lowest BCUT2D eigenvalue weighted by molar-refractivity contribution is -0.123. The average Bonchev–Trinajstić information content (AvgIpc) is 3.38. The van der Waals surface area contributed by atoms with Crippen LogP contribution in [0.2, 0.25) is 0 Å². The molecule has 0 radical (unpaired) electrons. The summed E-state index contributed by atoms with van der Waals surface area (Å²) in [7, 11) is 1.90. The third-order valence-corrected chi connectivity index (χ3v) is 5.27. The van der Waals surface area contributed by atoms with Crippen molar-refractivity contribution < 1.29 is 9.18 Å². The summed E-state index contributed by atoms with van der Waals surface area (Å²) in [4.78, 5) is 12.6. The van der Waals surface area contributed by atoms with Crippen molar-refractivity contribution in [3.05, 3.63) is 77.9 Å². The normalized spacial score (nSPS) is 14.7. The summed E-state index contributed by atoms with van der Waals surface area (Å²) in [6, 6.07) is 14.6. The van der Waals surface area contributed by atoms with Gasteiger partial charge in [0.05, 0.1) is 11.6 Å². The summed E-state index contributed by atoms with van der Waals surface area (Å²) in [5.41, 5.74) is 3.84. The van der Waals surface area contributed by atoms with E-state index in [-0.39, 0.29) is 11.7 Å². The molecule has 4 nitrogen and oxygen atoms in total. The summed E-state index contributed by atoms with van der Waals surface area (Å²) in [5, 5.41) is 7.24. The van der Waals surface area contributed by atoms with Crippen LogP contribution in [0.5, 0.6) is 0 Å². The van der Waals surface area contributed by atoms with Gasteiger partial charge >= 0.3 is 0 Å². The molecule has 27 heavy (non-hydrogen) atoms. The molecule has 0 unspecified atom stereocenters. The number of halogens is 1. The molecule has 5 heteroatoms. The van der Waals surface area contributed by atoms with E-state index >= 15 is 0 Å². The predicted octanol–water partition coefficient (Wildman–Crippen LogP) is 3.62. The molecule has 1 heterocycles. The number of hydrogen-bond acceptors (Lipinski definition) is 2. The number of carbonyl (C=O) groups excluding carboxylic acids is 1. The molecule has 4 rings (SSSR count). The van der Waals surface area contributed by atoms with Gasteiger partial charge in [-0.15, -0.1) is 0 Å². The van der Waals surface area contributed by atoms with E-state index in [0.29, 0.717) is 6.54 Å². The lowest BCUT2D eigenvalue weighted by Crippen LogP contribution is -2.35. The minimum Gasteiger partial charge on any atom is -0.355 e. The second-order valence-corrected chi connectivity index (χ2v) is 7.19. The first-order valence-corrected chi connectivity index (χ1v) is 9.19. The zero-order valence-corrected chi connectivity index (χ0v) is 15.3. The Morgan fingerprint density at radius 3 is 2.41 bits per heavy atom. The van der Waals surface area contributed by atoms with E-state index in [4.69, 9.17) is 0 Å². The molecule has 3 aromatic rings. The summed E-state index contributed by atoms with van der Waals surface area (Å²) in [6.45, 7) is 0.591. The van der Waals surface area contributed by atoms with Crippen molar-refractivity contribution in [1.29, 1.82) is 0 Å². The Morgan fingerprint density at radius 1 is 1.11 bits per heavy atom. The Bertz CT molecular complexity index is 940. The van der Waals surface area contributed by atoms with Gasteiger partial charge in [0.25, 0.3) is 0 Å². The molecule has 1 saturated carbocycles. The van der Waals surface area contributed by atoms with E-state index in [1.54, 1.807) is 16.8 Å². The Balaban J connectivity index is 1.33. The summed E-state index contributed by atoms with van der Waals surface area (Å²) >= 11 is 0. The Kier molecular flexibility index (Phi) is 4.52. The molecular weight excluding hydrogens is 341 g/mol. The predicted molar refractivity (Wildman–Crippen MR) is 103 cm³/mol. The molecule has 0 atom stereocenters. The Labute approximate surface area is 158 Å². The first-order chi connectivity index (χ1) is 13.1. The third-order valence-electron chi connectivity index (χ3n) is 5.27. The quantitative estimate of drug-likeness (QED) is 0.727. The van der Waals surface area contributed by atoms with Crippen LogP contribution in [0.15, 0.2) is 60.9 Å². The van der Waals surface area contributed by atoms with Crippen LogP contribution < -0.4 is 5.32 Å². The fourth-order valence-corrected chi connectivity index (χ4v) is 3.46. The maximum atomic E-state index is 13.1. The highest BCUT2D eigenvalue weighted by atomic mass is 19.1. The molecular formula is C22H22FN3O. The number of benzene rings is 2. The van der Waals surface area contributed by atoms with Crippen molar-refractivity contribution >= 4 is 5.91 Å². The van der Waals surface area contributed by atoms with Crippen LogP contribution in [0.25, 0.3) is 11.1 Å². The fraction of sp³-hybridized carbons (Fsp3) is 0.273. The number of aromatic nitrogens is 2. The summed E-state index contributed by atoms with van der Waals surface area (Å²) in [6.07, 6.45) is 6.26. The highest BCUT2D eigenvalue weighted by molar-refractivity contribution is 5.91. The zero-order chi connectivity index (χ0) is 18.9. The van der Waals surface area contributed by atoms with Gasteiger partial charge in [-0.2, -0.15) is 5.10 Å². The number of amides is 1. The fourth-order valence-electron chi connectivity index (χ4n) is 3.46. The maximum Gasteiger partial charge on any atom is 0.230 e. The molecule has 1 N–H and O–H groups in total. The first-order valence-electron chi connectivity index (χ1n) is 9.19. The van der Waals surface area contributed by atoms with E-state index < -0.39 is 5.41 Å². The largest absolute Gasteiger partial charge is 0.355 e. The van der Waals surface area contributed by atoms with Crippen molar-refractivity contribution in [3.8, 4) is 11.1 Å². The lowest BCUT2D eigenvalue weighted by Gasteiger charge is -2.16. The lowest BCUT2D eigenvalue weighted by atomic mass is 9.95. The second-order valence-electron chi connectivity index (χ2n) is 7.19. The number of hydrogen-bond donors (Lipinski definition) is 1. The van der Waals surface area contributed by atoms with Crippen LogP contribution in [-0.2, 0) is 23.7 Å². The van der Waals surface area contributed by atoms with Gasteiger partial charge in [-0.3, -0.25) is 9.48 Å². The molecule has 1 aliphatic carbocycles. The van der Waals surface area contributed by atoms with Gasteiger partial charge in [-0.05, 0) is 48.1 Å². The molecule has 0 saturated heterocycles. The third kappa shape index (κ3) is 3.63. The number of aryl methyl sites for hydroxylation is 1. The van der Waals surface area contributed by atoms with Gasteiger partial charge in [0, 0.05) is 25.4 Å². The van der Waals surface area contributed by atoms with Crippen LogP contribution in [0.3, 0.4) is 0 Å². The highest BCUT2D eigenvalue weighted by Crippen LogP contribution is 2.48. The van der Waals surface area contributed by atoms with Gasteiger partial charge in [0.2, 0.25) is 5.91 Å². The number of rotatable bonds is 6. The number of nitrogens with one attached hydrogen (secondary N) is 1. The summed E-state index contributed by atoms with van der Waals surface area (Å²) in [5.74, 6) is -0.231. The van der Waals surface area contributed by atoms with E-state index in [1.165, 1.54) is 17.7 Å². The van der Waals surface area contributed by atoms with Gasteiger partial charge in [0.1, 0.15) is 5.82 Å². The van der Waals surface area contributed by atoms with Crippen LogP contribution in [0.1, 0.15) is 24.0 Å². The molecule has 1 amide bonds. The van der Waals surface area contributed by atoms with Gasteiger partial charge in [-0.25, -0.2) is 4.39 Å². The van der Waals surface area contributed by atoms with Crippen LogP contribution in [0, 0.1) is 5.82 Å². The standard InChI is InChI=1S/C22H22FN3O/c1-26-15-18(14-25-26)17-4-2-16(3-5-17)10-13-24-21(27)22(11-12-22)19-6-8-20(23)9-7-19/h2-9,14-15H,10-13H2,1H3,(H,24,27). The molecule has 0 bridgehead atoms. The minimum absolute atomic E-state index is 0.0427. The van der Waals surface area contributed by atoms with Gasteiger partial charge < -0.3 is 5.32 Å². The average molecular weight is 363 g/mol. The summed E-state index contributed by atoms with van der Waals surface area (Å²) < 4.78 is 14.9. The van der Waals surface area contributed by atoms with Crippen LogP contribution in [-0.4, -0.2) is 22.2 Å². The maximum absolute atomic E-state index is 13.1. The molecule has 1 fully saturated rings. The van der Waals surface area contributed by atoms with E-state index in [0.717, 1.165) is 36.0 Å². The number of nitrogens with zero attached hydrogens (tertiary/aromatic N) is 2. The van der Waals surface area contributed by atoms with Crippen molar-refractivity contribution in [1.82, 2.24) is 15.1 Å². The van der Waals surface area contributed by atoms with Crippen molar-refractivity contribution in [2.75, 3.05) is 6.54 Å². The van der Waals surface area contributed by atoms with E-state index in [2.05, 4.69) is 34.7 Å². The molecule has 2 aromatic carbocycles. The smallest absolute Gasteiger partial charge is 0.230 e. The second kappa shape index (κ2) is 6.99. The van der Waals surface area contributed by atoms with E-state index in [9.17, 15) is 9.18 Å². The number of carbonyl (C=O) groups is 1. The minimum atomic E-state index is -0.460. The van der Waals surface area contributed by atoms with Crippen molar-refractivity contribution in [2.24, 2.45) is 7.05 Å². The van der Waals surface area contributed by atoms with Gasteiger partial charge in [-0.1, -0.05) is 36.4 Å². The topological polar surface area (TPSA) is 46.9 Å². The van der Waals surface area contributed by atoms with Crippen molar-refractivity contribution in [3.63, 3.8) is 0 Å².